The lowest BCUT2D eigenvalue weighted by Gasteiger charge is -2.37. The van der Waals surface area contributed by atoms with Crippen LogP contribution in [0.5, 0.6) is 0 Å². The number of hydrogen-bond acceptors (Lipinski definition) is 7. The maximum absolute atomic E-state index is 10.6. The summed E-state index contributed by atoms with van der Waals surface area (Å²) >= 11 is 3.68. The molecule has 4 heterocycles. The fraction of sp³-hybridized carbons (Fsp3) is 0.407. The van der Waals surface area contributed by atoms with Crippen molar-refractivity contribution in [1.29, 1.82) is 0 Å². The maximum atomic E-state index is 10.6. The molecule has 1 atom stereocenters. The fourth-order valence-corrected chi connectivity index (χ4v) is 5.45. The molecule has 2 aromatic heterocycles. The van der Waals surface area contributed by atoms with E-state index in [0.717, 1.165) is 72.3 Å². The molecular formula is C27H30BrN7O. The van der Waals surface area contributed by atoms with E-state index < -0.39 is 0 Å². The van der Waals surface area contributed by atoms with Crippen LogP contribution in [-0.4, -0.2) is 64.7 Å². The molecule has 0 spiro atoms. The third-order valence-electron chi connectivity index (χ3n) is 7.08. The number of unbranched alkanes of at least 4 members (excludes halogenated alkanes) is 1. The third-order valence-corrected chi connectivity index (χ3v) is 7.84. The molecular weight excluding hydrogens is 518 g/mol. The SMILES string of the molecule is CN(CCCC=O)C1CCN(c2nc3c(C4C#CCc5ccccc5N=C4)cnn3c(N)c2Br)CC1. The van der Waals surface area contributed by atoms with Crippen molar-refractivity contribution >= 4 is 51.4 Å². The van der Waals surface area contributed by atoms with Crippen LogP contribution in [0.2, 0.25) is 0 Å². The molecule has 1 fully saturated rings. The van der Waals surface area contributed by atoms with E-state index in [1.165, 1.54) is 0 Å². The van der Waals surface area contributed by atoms with E-state index in [0.29, 0.717) is 30.3 Å². The summed E-state index contributed by atoms with van der Waals surface area (Å²) in [5, 5.41) is 4.53. The number of carbonyl (C=O) groups is 1. The van der Waals surface area contributed by atoms with Crippen molar-refractivity contribution in [2.75, 3.05) is 37.3 Å². The molecule has 2 aliphatic heterocycles. The highest BCUT2D eigenvalue weighted by Crippen LogP contribution is 2.35. The first-order valence-electron chi connectivity index (χ1n) is 12.4. The number of rotatable bonds is 7. The summed E-state index contributed by atoms with van der Waals surface area (Å²) < 4.78 is 2.44. The van der Waals surface area contributed by atoms with E-state index in [1.54, 1.807) is 10.7 Å². The standard InChI is InChI=1S/C27H30BrN7O/c1-33(13-4-5-16-36)21-11-14-34(15-12-21)27-24(28)25(29)35-26(32-27)22(18-31-35)20-9-6-8-19-7-2-3-10-23(19)30-17-20/h2-3,7,10,16-18,20-21H,4-5,8,11-15,29H2,1H3. The summed E-state index contributed by atoms with van der Waals surface area (Å²) in [6, 6.07) is 8.59. The number of nitrogen functional groups attached to an aromatic ring is 1. The molecule has 3 aromatic rings. The highest BCUT2D eigenvalue weighted by Gasteiger charge is 2.27. The van der Waals surface area contributed by atoms with Gasteiger partial charge in [-0.25, -0.2) is 4.98 Å². The van der Waals surface area contributed by atoms with Gasteiger partial charge in [0.25, 0.3) is 0 Å². The number of benzene rings is 1. The molecule has 0 amide bonds. The summed E-state index contributed by atoms with van der Waals surface area (Å²) in [6.07, 6.45) is 8.93. The maximum Gasteiger partial charge on any atom is 0.164 e. The summed E-state index contributed by atoms with van der Waals surface area (Å²) in [7, 11) is 2.15. The van der Waals surface area contributed by atoms with E-state index in [4.69, 9.17) is 15.7 Å². The number of hydrogen-bond donors (Lipinski definition) is 1. The first kappa shape index (κ1) is 24.5. The van der Waals surface area contributed by atoms with Crippen LogP contribution in [0.1, 0.15) is 42.7 Å². The van der Waals surface area contributed by atoms with Gasteiger partial charge in [0.05, 0.1) is 17.8 Å². The van der Waals surface area contributed by atoms with Gasteiger partial charge in [-0.1, -0.05) is 30.0 Å². The predicted molar refractivity (Wildman–Crippen MR) is 147 cm³/mol. The Balaban J connectivity index is 1.39. The Bertz CT molecular complexity index is 1350. The number of para-hydroxylation sites is 1. The number of halogens is 1. The highest BCUT2D eigenvalue weighted by molar-refractivity contribution is 9.10. The summed E-state index contributed by atoms with van der Waals surface area (Å²) in [4.78, 5) is 25.1. The molecule has 2 N–H and O–H groups in total. The van der Waals surface area contributed by atoms with Crippen molar-refractivity contribution < 1.29 is 4.79 Å². The van der Waals surface area contributed by atoms with Crippen LogP contribution < -0.4 is 10.6 Å². The minimum absolute atomic E-state index is 0.220. The van der Waals surface area contributed by atoms with E-state index in [-0.39, 0.29) is 5.92 Å². The van der Waals surface area contributed by atoms with E-state index in [1.807, 2.05) is 24.4 Å². The van der Waals surface area contributed by atoms with Gasteiger partial charge in [0.15, 0.2) is 5.65 Å². The monoisotopic (exact) mass is 547 g/mol. The molecule has 2 aliphatic rings. The summed E-state index contributed by atoms with van der Waals surface area (Å²) in [5.41, 5.74) is 10.2. The number of aldehydes is 1. The molecule has 1 saturated heterocycles. The molecule has 1 unspecified atom stereocenters. The normalized spacial score (nSPS) is 18.0. The first-order chi connectivity index (χ1) is 17.6. The minimum Gasteiger partial charge on any atom is -0.383 e. The van der Waals surface area contributed by atoms with E-state index >= 15 is 0 Å². The third kappa shape index (κ3) is 4.88. The van der Waals surface area contributed by atoms with Crippen molar-refractivity contribution in [3.63, 3.8) is 0 Å². The number of nitrogens with zero attached hydrogens (tertiary/aromatic N) is 6. The van der Waals surface area contributed by atoms with Crippen LogP contribution >= 0.6 is 15.9 Å². The second-order valence-corrected chi connectivity index (χ2v) is 10.2. The second kappa shape index (κ2) is 10.8. The number of piperidine rings is 1. The summed E-state index contributed by atoms with van der Waals surface area (Å²) in [5.74, 6) is 7.79. The van der Waals surface area contributed by atoms with Crippen molar-refractivity contribution in [1.82, 2.24) is 19.5 Å². The van der Waals surface area contributed by atoms with E-state index in [9.17, 15) is 4.79 Å². The quantitative estimate of drug-likeness (QED) is 0.273. The topological polar surface area (TPSA) is 92.1 Å². The van der Waals surface area contributed by atoms with Gasteiger partial charge < -0.3 is 20.3 Å². The Hall–Kier alpha value is -3.22. The molecule has 186 valence electrons. The van der Waals surface area contributed by atoms with Gasteiger partial charge in [-0.15, -0.1) is 0 Å². The number of carbonyl (C=O) groups excluding carboxylic acids is 1. The Labute approximate surface area is 219 Å². The lowest BCUT2D eigenvalue weighted by atomic mass is 10.0. The Morgan fingerprint density at radius 1 is 1.28 bits per heavy atom. The smallest absolute Gasteiger partial charge is 0.164 e. The van der Waals surface area contributed by atoms with Crippen LogP contribution in [0, 0.1) is 11.8 Å². The predicted octanol–water partition coefficient (Wildman–Crippen LogP) is 4.00. The number of aliphatic imine (C=N–C) groups is 1. The van der Waals surface area contributed by atoms with Gasteiger partial charge >= 0.3 is 0 Å². The van der Waals surface area contributed by atoms with Crippen LogP contribution in [0.15, 0.2) is 39.9 Å². The molecule has 0 aliphatic carbocycles. The van der Waals surface area contributed by atoms with E-state index in [2.05, 4.69) is 55.8 Å². The molecule has 0 radical (unpaired) electrons. The van der Waals surface area contributed by atoms with Crippen LogP contribution in [-0.2, 0) is 11.2 Å². The average Bonchev–Trinajstić information content (AvgIpc) is 3.31. The van der Waals surface area contributed by atoms with Gasteiger partial charge in [-0.05, 0) is 60.4 Å². The molecule has 9 heteroatoms. The van der Waals surface area contributed by atoms with Gasteiger partial charge in [0, 0.05) is 43.8 Å². The Morgan fingerprint density at radius 2 is 2.08 bits per heavy atom. The van der Waals surface area contributed by atoms with Crippen molar-refractivity contribution in [3.05, 3.63) is 46.1 Å². The van der Waals surface area contributed by atoms with Gasteiger partial charge in [0.2, 0.25) is 0 Å². The number of nitrogens with two attached hydrogens (primary N) is 1. The van der Waals surface area contributed by atoms with Crippen molar-refractivity contribution in [2.24, 2.45) is 4.99 Å². The number of anilines is 2. The summed E-state index contributed by atoms with van der Waals surface area (Å²) in [6.45, 7) is 2.71. The van der Waals surface area contributed by atoms with Crippen LogP contribution in [0.25, 0.3) is 5.65 Å². The molecule has 36 heavy (non-hydrogen) atoms. The average molecular weight is 548 g/mol. The van der Waals surface area contributed by atoms with Gasteiger partial charge in [0.1, 0.15) is 22.4 Å². The highest BCUT2D eigenvalue weighted by atomic mass is 79.9. The zero-order valence-electron chi connectivity index (χ0n) is 20.4. The first-order valence-corrected chi connectivity index (χ1v) is 13.2. The molecule has 1 aromatic carbocycles. The Kier molecular flexibility index (Phi) is 7.35. The number of fused-ring (bicyclic) bond motifs is 2. The molecule has 0 bridgehead atoms. The Morgan fingerprint density at radius 3 is 2.89 bits per heavy atom. The molecule has 0 saturated carbocycles. The second-order valence-electron chi connectivity index (χ2n) is 9.36. The largest absolute Gasteiger partial charge is 0.383 e. The van der Waals surface area contributed by atoms with Crippen molar-refractivity contribution in [2.45, 2.75) is 44.1 Å². The lowest BCUT2D eigenvalue weighted by Crippen LogP contribution is -2.44. The van der Waals surface area contributed by atoms with Gasteiger partial charge in [-0.2, -0.15) is 9.61 Å². The molecule has 8 nitrogen and oxygen atoms in total. The zero-order chi connectivity index (χ0) is 25.1. The zero-order valence-corrected chi connectivity index (χ0v) is 22.0. The lowest BCUT2D eigenvalue weighted by molar-refractivity contribution is -0.108. The minimum atomic E-state index is -0.220. The van der Waals surface area contributed by atoms with Crippen molar-refractivity contribution in [3.8, 4) is 11.8 Å². The molecule has 5 rings (SSSR count). The number of aromatic nitrogens is 3. The van der Waals surface area contributed by atoms with Gasteiger partial charge in [-0.3, -0.25) is 4.99 Å². The van der Waals surface area contributed by atoms with Crippen LogP contribution in [0.3, 0.4) is 0 Å². The fourth-order valence-electron chi connectivity index (χ4n) is 4.95. The van der Waals surface area contributed by atoms with Crippen LogP contribution in [0.4, 0.5) is 17.3 Å².